The second kappa shape index (κ2) is 7.80. The molecule has 1 heterocycles. The van der Waals surface area contributed by atoms with Crippen LogP contribution in [0.25, 0.3) is 6.08 Å². The monoisotopic (exact) mass is 373 g/mol. The predicted molar refractivity (Wildman–Crippen MR) is 103 cm³/mol. The van der Waals surface area contributed by atoms with Crippen molar-refractivity contribution in [3.63, 3.8) is 0 Å². The number of rotatable bonds is 5. The fraction of sp³-hybridized carbons (Fsp3) is 0.158. The Morgan fingerprint density at radius 2 is 1.92 bits per heavy atom. The number of hydrogen-bond acceptors (Lipinski definition) is 4. The van der Waals surface area contributed by atoms with Crippen molar-refractivity contribution in [1.29, 1.82) is 0 Å². The van der Waals surface area contributed by atoms with Gasteiger partial charge in [0.1, 0.15) is 22.5 Å². The van der Waals surface area contributed by atoms with Gasteiger partial charge in [-0.25, -0.2) is 4.39 Å². The SMILES string of the molecule is CCN1C(=O)C(=Cc2ccccc2OCc2ccc(F)cc2)SC1=S. The van der Waals surface area contributed by atoms with Crippen LogP contribution in [0, 0.1) is 5.82 Å². The lowest BCUT2D eigenvalue weighted by atomic mass is 10.1. The predicted octanol–water partition coefficient (Wildman–Crippen LogP) is 4.63. The van der Waals surface area contributed by atoms with Crippen molar-refractivity contribution in [2.45, 2.75) is 13.5 Å². The lowest BCUT2D eigenvalue weighted by molar-refractivity contribution is -0.121. The van der Waals surface area contributed by atoms with Crippen molar-refractivity contribution < 1.29 is 13.9 Å². The number of ether oxygens (including phenoxy) is 1. The van der Waals surface area contributed by atoms with Crippen LogP contribution in [0.2, 0.25) is 0 Å². The highest BCUT2D eigenvalue weighted by Crippen LogP contribution is 2.34. The second-order valence-electron chi connectivity index (χ2n) is 5.38. The van der Waals surface area contributed by atoms with E-state index < -0.39 is 0 Å². The van der Waals surface area contributed by atoms with Gasteiger partial charge in [-0.15, -0.1) is 0 Å². The zero-order valence-corrected chi connectivity index (χ0v) is 15.2. The van der Waals surface area contributed by atoms with Gasteiger partial charge in [-0.1, -0.05) is 54.3 Å². The Balaban J connectivity index is 1.79. The van der Waals surface area contributed by atoms with Crippen LogP contribution in [0.3, 0.4) is 0 Å². The smallest absolute Gasteiger partial charge is 0.266 e. The zero-order valence-electron chi connectivity index (χ0n) is 13.6. The van der Waals surface area contributed by atoms with Crippen LogP contribution in [-0.4, -0.2) is 21.7 Å². The molecule has 128 valence electrons. The lowest BCUT2D eigenvalue weighted by Crippen LogP contribution is -2.27. The summed E-state index contributed by atoms with van der Waals surface area (Å²) in [5.41, 5.74) is 1.68. The maximum absolute atomic E-state index is 13.0. The molecule has 1 fully saturated rings. The molecular formula is C19H16FNO2S2. The number of nitrogens with zero attached hydrogens (tertiary/aromatic N) is 1. The maximum Gasteiger partial charge on any atom is 0.266 e. The highest BCUT2D eigenvalue weighted by atomic mass is 32.2. The molecule has 0 aliphatic carbocycles. The molecule has 0 radical (unpaired) electrons. The number of carbonyl (C=O) groups is 1. The topological polar surface area (TPSA) is 29.5 Å². The van der Waals surface area contributed by atoms with E-state index in [9.17, 15) is 9.18 Å². The Bertz CT molecular complexity index is 834. The van der Waals surface area contributed by atoms with E-state index in [1.54, 1.807) is 23.1 Å². The number of benzene rings is 2. The minimum atomic E-state index is -0.276. The Morgan fingerprint density at radius 3 is 2.60 bits per heavy atom. The van der Waals surface area contributed by atoms with Crippen LogP contribution in [-0.2, 0) is 11.4 Å². The Hall–Kier alpha value is -2.18. The third-order valence-corrected chi connectivity index (χ3v) is 5.08. The van der Waals surface area contributed by atoms with Gasteiger partial charge in [-0.3, -0.25) is 9.69 Å². The molecule has 3 rings (SSSR count). The normalized spacial score (nSPS) is 15.9. The van der Waals surface area contributed by atoms with Crippen molar-refractivity contribution in [2.24, 2.45) is 0 Å². The molecule has 2 aromatic rings. The summed E-state index contributed by atoms with van der Waals surface area (Å²) < 4.78 is 19.4. The molecule has 2 aromatic carbocycles. The van der Waals surface area contributed by atoms with E-state index in [0.717, 1.165) is 11.1 Å². The fourth-order valence-electron chi connectivity index (χ4n) is 2.39. The summed E-state index contributed by atoms with van der Waals surface area (Å²) in [6.45, 7) is 2.78. The van der Waals surface area contributed by atoms with Crippen LogP contribution in [0.1, 0.15) is 18.1 Å². The first-order valence-electron chi connectivity index (χ1n) is 7.80. The number of thioether (sulfide) groups is 1. The highest BCUT2D eigenvalue weighted by molar-refractivity contribution is 8.26. The number of para-hydroxylation sites is 1. The van der Waals surface area contributed by atoms with Gasteiger partial charge in [0.15, 0.2) is 0 Å². The molecule has 3 nitrogen and oxygen atoms in total. The van der Waals surface area contributed by atoms with E-state index >= 15 is 0 Å². The van der Waals surface area contributed by atoms with E-state index in [1.165, 1.54) is 23.9 Å². The van der Waals surface area contributed by atoms with Gasteiger partial charge < -0.3 is 4.74 Å². The molecule has 1 amide bonds. The molecule has 0 atom stereocenters. The number of hydrogen-bond donors (Lipinski definition) is 0. The van der Waals surface area contributed by atoms with Gasteiger partial charge in [-0.2, -0.15) is 0 Å². The van der Waals surface area contributed by atoms with E-state index in [-0.39, 0.29) is 11.7 Å². The summed E-state index contributed by atoms with van der Waals surface area (Å²) in [4.78, 5) is 14.5. The molecule has 6 heteroatoms. The minimum Gasteiger partial charge on any atom is -0.488 e. The standard InChI is InChI=1S/C19H16FNO2S2/c1-2-21-18(22)17(25-19(21)24)11-14-5-3-4-6-16(14)23-12-13-7-9-15(20)10-8-13/h3-11H,2,12H2,1H3. The number of halogens is 1. The quantitative estimate of drug-likeness (QED) is 0.565. The molecular weight excluding hydrogens is 357 g/mol. The van der Waals surface area contributed by atoms with Crippen molar-refractivity contribution >= 4 is 40.3 Å². The average molecular weight is 373 g/mol. The zero-order chi connectivity index (χ0) is 17.8. The highest BCUT2D eigenvalue weighted by Gasteiger charge is 2.30. The van der Waals surface area contributed by atoms with Crippen molar-refractivity contribution in [2.75, 3.05) is 6.54 Å². The van der Waals surface area contributed by atoms with Crippen LogP contribution >= 0.6 is 24.0 Å². The van der Waals surface area contributed by atoms with Gasteiger partial charge in [0, 0.05) is 12.1 Å². The molecule has 1 aliphatic rings. The first-order chi connectivity index (χ1) is 12.1. The Morgan fingerprint density at radius 1 is 1.20 bits per heavy atom. The molecule has 0 spiro atoms. The van der Waals surface area contributed by atoms with Gasteiger partial charge in [0.05, 0.1) is 4.91 Å². The number of thiocarbonyl (C=S) groups is 1. The van der Waals surface area contributed by atoms with Crippen LogP contribution in [0.15, 0.2) is 53.4 Å². The van der Waals surface area contributed by atoms with Crippen LogP contribution in [0.4, 0.5) is 4.39 Å². The van der Waals surface area contributed by atoms with E-state index in [2.05, 4.69) is 0 Å². The van der Waals surface area contributed by atoms with Crippen molar-refractivity contribution in [1.82, 2.24) is 4.90 Å². The van der Waals surface area contributed by atoms with Crippen LogP contribution < -0.4 is 4.74 Å². The Kier molecular flexibility index (Phi) is 5.50. The summed E-state index contributed by atoms with van der Waals surface area (Å²) in [6.07, 6.45) is 1.80. The lowest BCUT2D eigenvalue weighted by Gasteiger charge is -2.10. The van der Waals surface area contributed by atoms with Gasteiger partial charge in [0.25, 0.3) is 5.91 Å². The molecule has 0 aromatic heterocycles. The minimum absolute atomic E-state index is 0.0779. The summed E-state index contributed by atoms with van der Waals surface area (Å²) >= 11 is 6.53. The van der Waals surface area contributed by atoms with Crippen molar-refractivity contribution in [3.8, 4) is 5.75 Å². The van der Waals surface area contributed by atoms with E-state index in [1.807, 2.05) is 31.2 Å². The first-order valence-corrected chi connectivity index (χ1v) is 9.02. The molecule has 0 N–H and O–H groups in total. The van der Waals surface area contributed by atoms with Crippen molar-refractivity contribution in [3.05, 3.63) is 70.4 Å². The summed E-state index contributed by atoms with van der Waals surface area (Å²) in [6, 6.07) is 13.7. The largest absolute Gasteiger partial charge is 0.488 e. The van der Waals surface area contributed by atoms with E-state index in [0.29, 0.717) is 28.1 Å². The summed E-state index contributed by atoms with van der Waals surface area (Å²) in [5.74, 6) is 0.307. The number of carbonyl (C=O) groups excluding carboxylic acids is 1. The average Bonchev–Trinajstić information content (AvgIpc) is 2.88. The third-order valence-electron chi connectivity index (χ3n) is 3.70. The molecule has 1 aliphatic heterocycles. The maximum atomic E-state index is 13.0. The summed E-state index contributed by atoms with van der Waals surface area (Å²) in [7, 11) is 0. The molecule has 0 unspecified atom stereocenters. The summed E-state index contributed by atoms with van der Waals surface area (Å²) in [5, 5.41) is 0. The molecule has 0 saturated carbocycles. The number of likely N-dealkylation sites (N-methyl/N-ethyl adjacent to an activating group) is 1. The molecule has 25 heavy (non-hydrogen) atoms. The second-order valence-corrected chi connectivity index (χ2v) is 7.05. The van der Waals surface area contributed by atoms with E-state index in [4.69, 9.17) is 17.0 Å². The number of amides is 1. The fourth-order valence-corrected chi connectivity index (χ4v) is 3.76. The molecule has 0 bridgehead atoms. The van der Waals surface area contributed by atoms with Gasteiger partial charge in [0.2, 0.25) is 0 Å². The Labute approximate surface area is 155 Å². The third kappa shape index (κ3) is 4.08. The van der Waals surface area contributed by atoms with Gasteiger partial charge >= 0.3 is 0 Å². The van der Waals surface area contributed by atoms with Crippen LogP contribution in [0.5, 0.6) is 5.75 Å². The first kappa shape index (κ1) is 17.6. The van der Waals surface area contributed by atoms with Gasteiger partial charge in [-0.05, 0) is 36.8 Å². The molecule has 1 saturated heterocycles.